The molecule has 1 saturated heterocycles. The number of sulfonamides is 1. The van der Waals surface area contributed by atoms with Crippen molar-refractivity contribution in [3.05, 3.63) is 59.4 Å². The number of halogens is 5. The first-order valence-electron chi connectivity index (χ1n) is 8.28. The summed E-state index contributed by atoms with van der Waals surface area (Å²) >= 11 is 0. The van der Waals surface area contributed by atoms with Crippen molar-refractivity contribution in [2.75, 3.05) is 26.2 Å². The van der Waals surface area contributed by atoms with Crippen molar-refractivity contribution in [1.82, 2.24) is 14.2 Å². The van der Waals surface area contributed by atoms with E-state index in [9.17, 15) is 35.2 Å². The molecule has 1 amide bonds. The van der Waals surface area contributed by atoms with E-state index >= 15 is 0 Å². The molecule has 0 atom stereocenters. The molecule has 1 aromatic heterocycles. The fraction of sp³-hybridized carbons (Fsp3) is 0.294. The fourth-order valence-corrected chi connectivity index (χ4v) is 4.31. The monoisotopic (exact) mass is 435 g/mol. The van der Waals surface area contributed by atoms with Crippen molar-refractivity contribution < 1.29 is 35.2 Å². The first-order valence-corrected chi connectivity index (χ1v) is 9.72. The molecule has 6 nitrogen and oxygen atoms in total. The van der Waals surface area contributed by atoms with Gasteiger partial charge in [-0.25, -0.2) is 17.2 Å². The van der Waals surface area contributed by atoms with Crippen LogP contribution in [0.3, 0.4) is 0 Å². The Morgan fingerprint density at radius 1 is 1.00 bits per heavy atom. The van der Waals surface area contributed by atoms with Gasteiger partial charge in [-0.1, -0.05) is 0 Å². The van der Waals surface area contributed by atoms with E-state index in [-0.39, 0.29) is 31.7 Å². The average Bonchev–Trinajstić information content (AvgIpc) is 2.68. The minimum absolute atomic E-state index is 0.0734. The molecular formula is C17H14F5N3O3S. The van der Waals surface area contributed by atoms with E-state index in [1.54, 1.807) is 0 Å². The number of carbonyl (C=O) groups excluding carboxylic acids is 1. The first-order chi connectivity index (χ1) is 13.5. The number of amides is 1. The van der Waals surface area contributed by atoms with Gasteiger partial charge in [0.25, 0.3) is 5.91 Å². The minimum Gasteiger partial charge on any atom is -0.336 e. The van der Waals surface area contributed by atoms with Gasteiger partial charge in [-0.05, 0) is 30.3 Å². The Morgan fingerprint density at radius 3 is 2.21 bits per heavy atom. The highest BCUT2D eigenvalue weighted by Crippen LogP contribution is 2.27. The highest BCUT2D eigenvalue weighted by Gasteiger charge is 2.34. The Hall–Kier alpha value is -2.60. The summed E-state index contributed by atoms with van der Waals surface area (Å²) in [4.78, 5) is 16.1. The van der Waals surface area contributed by atoms with Crippen LogP contribution in [0.5, 0.6) is 0 Å². The van der Waals surface area contributed by atoms with Crippen LogP contribution in [-0.2, 0) is 16.2 Å². The third kappa shape index (κ3) is 4.37. The number of alkyl halides is 3. The number of aromatic nitrogens is 1. The predicted octanol–water partition coefficient (Wildman–Crippen LogP) is 2.53. The Morgan fingerprint density at radius 2 is 1.66 bits per heavy atom. The predicted molar refractivity (Wildman–Crippen MR) is 90.3 cm³/mol. The molecular weight excluding hydrogens is 421 g/mol. The van der Waals surface area contributed by atoms with Crippen molar-refractivity contribution in [1.29, 1.82) is 0 Å². The number of carbonyl (C=O) groups is 1. The first kappa shape index (κ1) is 21.1. The van der Waals surface area contributed by atoms with Gasteiger partial charge in [0.1, 0.15) is 22.2 Å². The number of benzene rings is 1. The molecule has 1 fully saturated rings. The van der Waals surface area contributed by atoms with Gasteiger partial charge in [-0.15, -0.1) is 0 Å². The third-order valence-corrected chi connectivity index (χ3v) is 6.25. The average molecular weight is 435 g/mol. The van der Waals surface area contributed by atoms with E-state index in [0.29, 0.717) is 18.2 Å². The van der Waals surface area contributed by atoms with Crippen LogP contribution in [0.4, 0.5) is 22.0 Å². The number of hydrogen-bond acceptors (Lipinski definition) is 4. The van der Waals surface area contributed by atoms with Gasteiger partial charge < -0.3 is 4.90 Å². The van der Waals surface area contributed by atoms with Gasteiger partial charge in [-0.2, -0.15) is 17.5 Å². The van der Waals surface area contributed by atoms with Crippen LogP contribution in [0.1, 0.15) is 16.1 Å². The zero-order valence-electron chi connectivity index (χ0n) is 14.7. The maximum absolute atomic E-state index is 13.8. The van der Waals surface area contributed by atoms with Crippen molar-refractivity contribution >= 4 is 15.9 Å². The smallest absolute Gasteiger partial charge is 0.336 e. The summed E-state index contributed by atoms with van der Waals surface area (Å²) in [6, 6.07) is 3.75. The summed E-state index contributed by atoms with van der Waals surface area (Å²) in [5.74, 6) is -2.62. The Kier molecular flexibility index (Phi) is 5.59. The molecule has 0 N–H and O–H groups in total. The van der Waals surface area contributed by atoms with Crippen molar-refractivity contribution in [3.8, 4) is 0 Å². The summed E-state index contributed by atoms with van der Waals surface area (Å²) in [6.07, 6.45) is -3.83. The standard InChI is InChI=1S/C17H14F5N3O3S/c18-12-2-3-13(19)14(9-12)29(27,28)25-7-5-24(6-8-25)16(26)11-1-4-15(23-10-11)17(20,21)22/h1-4,9-10H,5-8H2. The summed E-state index contributed by atoms with van der Waals surface area (Å²) in [7, 11) is -4.31. The molecule has 1 aromatic carbocycles. The lowest BCUT2D eigenvalue weighted by Gasteiger charge is -2.34. The van der Waals surface area contributed by atoms with Crippen molar-refractivity contribution in [2.45, 2.75) is 11.1 Å². The van der Waals surface area contributed by atoms with Crippen LogP contribution < -0.4 is 0 Å². The summed E-state index contributed by atoms with van der Waals surface area (Å²) in [6.45, 7) is -0.512. The molecule has 1 aliphatic heterocycles. The number of piperazine rings is 1. The summed E-state index contributed by atoms with van der Waals surface area (Å²) < 4.78 is 90.8. The summed E-state index contributed by atoms with van der Waals surface area (Å²) in [5, 5.41) is 0. The zero-order valence-corrected chi connectivity index (χ0v) is 15.5. The van der Waals surface area contributed by atoms with E-state index < -0.39 is 44.3 Å². The number of hydrogen-bond donors (Lipinski definition) is 0. The molecule has 0 spiro atoms. The second-order valence-electron chi connectivity index (χ2n) is 6.20. The Labute approximate surface area is 162 Å². The van der Waals surface area contributed by atoms with Gasteiger partial charge in [0, 0.05) is 32.4 Å². The number of rotatable bonds is 3. The molecule has 156 valence electrons. The van der Waals surface area contributed by atoms with Gasteiger partial charge in [0.15, 0.2) is 0 Å². The van der Waals surface area contributed by atoms with Gasteiger partial charge >= 0.3 is 6.18 Å². The van der Waals surface area contributed by atoms with Gasteiger partial charge in [0.2, 0.25) is 10.0 Å². The topological polar surface area (TPSA) is 70.6 Å². The van der Waals surface area contributed by atoms with E-state index in [1.165, 1.54) is 4.90 Å². The molecule has 0 aliphatic carbocycles. The van der Waals surface area contributed by atoms with Crippen LogP contribution in [0.2, 0.25) is 0 Å². The zero-order chi connectivity index (χ0) is 21.4. The van der Waals surface area contributed by atoms with Crippen LogP contribution in [0.25, 0.3) is 0 Å². The van der Waals surface area contributed by atoms with E-state index in [1.807, 2.05) is 0 Å². The molecule has 3 rings (SSSR count). The maximum atomic E-state index is 13.8. The van der Waals surface area contributed by atoms with E-state index in [4.69, 9.17) is 0 Å². The molecule has 2 heterocycles. The van der Waals surface area contributed by atoms with Crippen LogP contribution in [-0.4, -0.2) is 54.7 Å². The highest BCUT2D eigenvalue weighted by molar-refractivity contribution is 7.89. The largest absolute Gasteiger partial charge is 0.433 e. The second-order valence-corrected chi connectivity index (χ2v) is 8.11. The fourth-order valence-electron chi connectivity index (χ4n) is 2.82. The number of nitrogens with zero attached hydrogens (tertiary/aromatic N) is 3. The van der Waals surface area contributed by atoms with Crippen LogP contribution >= 0.6 is 0 Å². The summed E-state index contributed by atoms with van der Waals surface area (Å²) in [5.41, 5.74) is -1.22. The molecule has 0 radical (unpaired) electrons. The molecule has 0 bridgehead atoms. The van der Waals surface area contributed by atoms with Crippen LogP contribution in [0.15, 0.2) is 41.4 Å². The number of pyridine rings is 1. The molecule has 29 heavy (non-hydrogen) atoms. The van der Waals surface area contributed by atoms with Crippen molar-refractivity contribution in [2.24, 2.45) is 0 Å². The molecule has 12 heteroatoms. The maximum Gasteiger partial charge on any atom is 0.433 e. The lowest BCUT2D eigenvalue weighted by molar-refractivity contribution is -0.141. The normalized spacial score (nSPS) is 16.1. The van der Waals surface area contributed by atoms with Gasteiger partial charge in [0.05, 0.1) is 5.56 Å². The van der Waals surface area contributed by atoms with Gasteiger partial charge in [-0.3, -0.25) is 9.78 Å². The lowest BCUT2D eigenvalue weighted by atomic mass is 10.2. The third-order valence-electron chi connectivity index (χ3n) is 4.34. The van der Waals surface area contributed by atoms with E-state index in [0.717, 1.165) is 22.6 Å². The molecule has 0 unspecified atom stereocenters. The van der Waals surface area contributed by atoms with E-state index in [2.05, 4.69) is 4.98 Å². The second kappa shape index (κ2) is 7.67. The highest BCUT2D eigenvalue weighted by atomic mass is 32.2. The Bertz CT molecular complexity index is 1020. The molecule has 0 saturated carbocycles. The SMILES string of the molecule is O=C(c1ccc(C(F)(F)F)nc1)N1CCN(S(=O)(=O)c2cc(F)ccc2F)CC1. The minimum atomic E-state index is -4.63. The molecule has 1 aliphatic rings. The Balaban J connectivity index is 1.70. The van der Waals surface area contributed by atoms with Crippen LogP contribution in [0, 0.1) is 11.6 Å². The van der Waals surface area contributed by atoms with Crippen molar-refractivity contribution in [3.63, 3.8) is 0 Å². The molecule has 2 aromatic rings. The lowest BCUT2D eigenvalue weighted by Crippen LogP contribution is -2.50. The quantitative estimate of drug-likeness (QED) is 0.695.